The fourth-order valence-corrected chi connectivity index (χ4v) is 3.78. The van der Waals surface area contributed by atoms with E-state index in [1.54, 1.807) is 12.4 Å². The second-order valence-corrected chi connectivity index (χ2v) is 6.35. The van der Waals surface area contributed by atoms with Gasteiger partial charge in [0.2, 0.25) is 5.91 Å². The molecule has 2 aliphatic rings. The van der Waals surface area contributed by atoms with Gasteiger partial charge in [-0.1, -0.05) is 6.07 Å². The largest absolute Gasteiger partial charge is 0.392 e. The molecule has 5 nitrogen and oxygen atoms in total. The van der Waals surface area contributed by atoms with Crippen LogP contribution in [-0.2, 0) is 16.0 Å². The number of piperidine rings is 1. The van der Waals surface area contributed by atoms with Crippen LogP contribution in [0, 0.1) is 5.41 Å². The Morgan fingerprint density at radius 1 is 1.50 bits per heavy atom. The van der Waals surface area contributed by atoms with Crippen molar-refractivity contribution in [2.75, 3.05) is 19.7 Å². The lowest BCUT2D eigenvalue weighted by molar-refractivity contribution is -0.210. The number of carbonyl (C=O) groups is 1. The molecule has 0 radical (unpaired) electrons. The number of aliphatic hydroxyl groups excluding tert-OH is 1. The summed E-state index contributed by atoms with van der Waals surface area (Å²) >= 11 is 0. The average Bonchev–Trinajstić information content (AvgIpc) is 2.56. The molecule has 1 aliphatic carbocycles. The van der Waals surface area contributed by atoms with E-state index in [1.807, 2.05) is 24.0 Å². The van der Waals surface area contributed by atoms with Crippen LogP contribution >= 0.6 is 0 Å². The van der Waals surface area contributed by atoms with E-state index < -0.39 is 0 Å². The second-order valence-electron chi connectivity index (χ2n) is 6.35. The van der Waals surface area contributed by atoms with Gasteiger partial charge in [0.05, 0.1) is 18.6 Å². The Morgan fingerprint density at radius 3 is 2.86 bits per heavy atom. The van der Waals surface area contributed by atoms with Gasteiger partial charge in [-0.05, 0) is 31.4 Å². The highest BCUT2D eigenvalue weighted by molar-refractivity contribution is 5.78. The molecule has 5 heteroatoms. The molecule has 1 saturated carbocycles. The van der Waals surface area contributed by atoms with E-state index in [4.69, 9.17) is 4.74 Å². The highest BCUT2D eigenvalue weighted by Gasteiger charge is 2.56. The van der Waals surface area contributed by atoms with Crippen molar-refractivity contribution in [3.8, 4) is 0 Å². The molecule has 1 amide bonds. The first-order valence-corrected chi connectivity index (χ1v) is 8.12. The average molecular weight is 304 g/mol. The highest BCUT2D eigenvalue weighted by atomic mass is 16.5. The van der Waals surface area contributed by atoms with Crippen molar-refractivity contribution in [3.63, 3.8) is 0 Å². The van der Waals surface area contributed by atoms with Gasteiger partial charge in [0, 0.05) is 43.9 Å². The zero-order valence-corrected chi connectivity index (χ0v) is 13.1. The Balaban J connectivity index is 1.56. The maximum absolute atomic E-state index is 12.4. The Labute approximate surface area is 131 Å². The van der Waals surface area contributed by atoms with Gasteiger partial charge in [0.1, 0.15) is 0 Å². The first kappa shape index (κ1) is 15.4. The predicted octanol–water partition coefficient (Wildman–Crippen LogP) is 1.40. The Morgan fingerprint density at radius 2 is 2.27 bits per heavy atom. The lowest BCUT2D eigenvalue weighted by Crippen LogP contribution is -2.62. The van der Waals surface area contributed by atoms with Gasteiger partial charge >= 0.3 is 0 Å². The van der Waals surface area contributed by atoms with Crippen LogP contribution in [0.25, 0.3) is 0 Å². The van der Waals surface area contributed by atoms with E-state index in [0.717, 1.165) is 24.8 Å². The van der Waals surface area contributed by atoms with Gasteiger partial charge in [-0.3, -0.25) is 9.78 Å². The molecule has 1 aromatic heterocycles. The number of aliphatic hydroxyl groups is 1. The molecule has 2 fully saturated rings. The van der Waals surface area contributed by atoms with E-state index in [2.05, 4.69) is 4.98 Å². The topological polar surface area (TPSA) is 62.7 Å². The Hall–Kier alpha value is -1.46. The molecule has 2 heterocycles. The van der Waals surface area contributed by atoms with Gasteiger partial charge in [-0.25, -0.2) is 0 Å². The maximum Gasteiger partial charge on any atom is 0.227 e. The van der Waals surface area contributed by atoms with Gasteiger partial charge in [-0.2, -0.15) is 0 Å². The van der Waals surface area contributed by atoms with E-state index >= 15 is 0 Å². The van der Waals surface area contributed by atoms with Crippen LogP contribution in [0.15, 0.2) is 24.5 Å². The zero-order chi connectivity index (χ0) is 15.6. The van der Waals surface area contributed by atoms with Crippen LogP contribution in [0.3, 0.4) is 0 Å². The number of carbonyl (C=O) groups excluding carboxylic acids is 1. The fraction of sp³-hybridized carbons (Fsp3) is 0.647. The summed E-state index contributed by atoms with van der Waals surface area (Å²) in [6.45, 7) is 4.09. The lowest BCUT2D eigenvalue weighted by Gasteiger charge is -2.56. The molecule has 1 aliphatic heterocycles. The monoisotopic (exact) mass is 304 g/mol. The third-order valence-electron chi connectivity index (χ3n) is 5.24. The van der Waals surface area contributed by atoms with Crippen LogP contribution < -0.4 is 0 Å². The minimum absolute atomic E-state index is 0.124. The molecular weight excluding hydrogens is 280 g/mol. The van der Waals surface area contributed by atoms with Crippen LogP contribution in [0.4, 0.5) is 0 Å². The number of nitrogens with zero attached hydrogens (tertiary/aromatic N) is 2. The van der Waals surface area contributed by atoms with Gasteiger partial charge in [0.25, 0.3) is 0 Å². The van der Waals surface area contributed by atoms with Crippen LogP contribution in [-0.4, -0.2) is 52.8 Å². The fourth-order valence-electron chi connectivity index (χ4n) is 3.78. The van der Waals surface area contributed by atoms with Gasteiger partial charge in [-0.15, -0.1) is 0 Å². The molecule has 120 valence electrons. The van der Waals surface area contributed by atoms with Crippen LogP contribution in [0.2, 0.25) is 0 Å². The van der Waals surface area contributed by atoms with Crippen molar-refractivity contribution >= 4 is 5.91 Å². The minimum atomic E-state index is -0.278. The van der Waals surface area contributed by atoms with Crippen molar-refractivity contribution < 1.29 is 14.6 Å². The Bertz CT molecular complexity index is 510. The molecule has 22 heavy (non-hydrogen) atoms. The van der Waals surface area contributed by atoms with Crippen molar-refractivity contribution in [1.29, 1.82) is 0 Å². The molecule has 0 bridgehead atoms. The number of rotatable bonds is 4. The van der Waals surface area contributed by atoms with E-state index in [-0.39, 0.29) is 23.5 Å². The molecule has 1 spiro atoms. The van der Waals surface area contributed by atoms with Crippen LogP contribution in [0.1, 0.15) is 31.7 Å². The van der Waals surface area contributed by atoms with Crippen molar-refractivity contribution in [3.05, 3.63) is 30.1 Å². The minimum Gasteiger partial charge on any atom is -0.392 e. The third-order valence-corrected chi connectivity index (χ3v) is 5.24. The van der Waals surface area contributed by atoms with E-state index in [9.17, 15) is 9.90 Å². The summed E-state index contributed by atoms with van der Waals surface area (Å²) in [6.07, 6.45) is 6.13. The highest BCUT2D eigenvalue weighted by Crippen LogP contribution is 2.50. The van der Waals surface area contributed by atoms with E-state index in [1.165, 1.54) is 0 Å². The zero-order valence-electron chi connectivity index (χ0n) is 13.1. The number of hydrogen-bond donors (Lipinski definition) is 1. The molecule has 3 rings (SSSR count). The molecule has 1 aromatic rings. The number of pyridine rings is 1. The van der Waals surface area contributed by atoms with Crippen LogP contribution in [0.5, 0.6) is 0 Å². The smallest absolute Gasteiger partial charge is 0.227 e. The SMILES string of the molecule is CCO[C@H]1C[C@@H](O)C12CCN(C(=O)Cc1cccnc1)CC2. The molecule has 0 aromatic carbocycles. The predicted molar refractivity (Wildman–Crippen MR) is 82.2 cm³/mol. The first-order chi connectivity index (χ1) is 10.7. The molecule has 2 atom stereocenters. The number of likely N-dealkylation sites (tertiary alicyclic amines) is 1. The summed E-state index contributed by atoms with van der Waals surface area (Å²) in [5.41, 5.74) is 0.824. The summed E-state index contributed by atoms with van der Waals surface area (Å²) in [5.74, 6) is 0.143. The van der Waals surface area contributed by atoms with E-state index in [0.29, 0.717) is 26.1 Å². The molecule has 1 saturated heterocycles. The number of ether oxygens (including phenoxy) is 1. The number of aromatic nitrogens is 1. The third kappa shape index (κ3) is 2.75. The second kappa shape index (κ2) is 6.34. The van der Waals surface area contributed by atoms with Gasteiger partial charge < -0.3 is 14.7 Å². The lowest BCUT2D eigenvalue weighted by atomic mass is 9.58. The number of amides is 1. The molecule has 1 N–H and O–H groups in total. The normalized spacial score (nSPS) is 26.7. The summed E-state index contributed by atoms with van der Waals surface area (Å²) in [5, 5.41) is 10.2. The molecular formula is C17H24N2O3. The summed E-state index contributed by atoms with van der Waals surface area (Å²) in [4.78, 5) is 18.3. The summed E-state index contributed by atoms with van der Waals surface area (Å²) in [6, 6.07) is 3.78. The van der Waals surface area contributed by atoms with Crippen molar-refractivity contribution in [1.82, 2.24) is 9.88 Å². The summed E-state index contributed by atoms with van der Waals surface area (Å²) < 4.78 is 5.76. The first-order valence-electron chi connectivity index (χ1n) is 8.12. The Kier molecular flexibility index (Phi) is 4.45. The molecule has 0 unspecified atom stereocenters. The number of hydrogen-bond acceptors (Lipinski definition) is 4. The summed E-state index contributed by atoms with van der Waals surface area (Å²) in [7, 11) is 0. The van der Waals surface area contributed by atoms with Crippen molar-refractivity contribution in [2.45, 2.75) is 44.8 Å². The van der Waals surface area contributed by atoms with Crippen molar-refractivity contribution in [2.24, 2.45) is 5.41 Å². The quantitative estimate of drug-likeness (QED) is 0.913. The van der Waals surface area contributed by atoms with Gasteiger partial charge in [0.15, 0.2) is 0 Å². The standard InChI is InChI=1S/C17H24N2O3/c1-2-22-15-11-14(20)17(15)5-8-19(9-6-17)16(21)10-13-4-3-7-18-12-13/h3-4,7,12,14-15,20H,2,5-6,8-11H2,1H3/t14-,15+/m1/s1. The maximum atomic E-state index is 12.4.